The molecule has 1 fully saturated rings. The van der Waals surface area contributed by atoms with Gasteiger partial charge in [-0.3, -0.25) is 0 Å². The highest BCUT2D eigenvalue weighted by atomic mass is 15.1. The van der Waals surface area contributed by atoms with E-state index in [2.05, 4.69) is 29.8 Å². The summed E-state index contributed by atoms with van der Waals surface area (Å²) in [7, 11) is 2.09. The molecule has 1 N–H and O–H groups in total. The Balaban J connectivity index is 2.02. The van der Waals surface area contributed by atoms with E-state index in [1.54, 1.807) is 4.90 Å². The highest BCUT2D eigenvalue weighted by molar-refractivity contribution is 5.87. The summed E-state index contributed by atoms with van der Waals surface area (Å²) in [5.41, 5.74) is 3.24. The molecule has 0 spiro atoms. The van der Waals surface area contributed by atoms with Crippen LogP contribution in [0.25, 0.3) is 10.9 Å². The molecule has 98 valence electrons. The average Bonchev–Trinajstić information content (AvgIpc) is 2.73. The number of piperidine rings is 1. The Labute approximate surface area is 114 Å². The molecule has 2 aromatic rings. The van der Waals surface area contributed by atoms with Crippen LogP contribution < -0.4 is 4.90 Å². The molecule has 0 aliphatic carbocycles. The Kier molecular flexibility index (Phi) is 3.27. The van der Waals surface area contributed by atoms with E-state index in [0.29, 0.717) is 0 Å². The predicted molar refractivity (Wildman–Crippen MR) is 75.9 cm³/mol. The number of aromatic nitrogens is 1. The second-order valence-corrected chi connectivity index (χ2v) is 5.50. The van der Waals surface area contributed by atoms with E-state index in [9.17, 15) is 5.26 Å². The van der Waals surface area contributed by atoms with E-state index in [0.717, 1.165) is 17.5 Å². The lowest BCUT2D eigenvalue weighted by Gasteiger charge is -2.23. The van der Waals surface area contributed by atoms with Crippen molar-refractivity contribution >= 4 is 10.9 Å². The van der Waals surface area contributed by atoms with Gasteiger partial charge in [-0.15, -0.1) is 0 Å². The lowest BCUT2D eigenvalue weighted by atomic mass is 10.1. The zero-order chi connectivity index (χ0) is 13.2. The highest BCUT2D eigenvalue weighted by Gasteiger charge is 2.20. The van der Waals surface area contributed by atoms with E-state index >= 15 is 0 Å². The van der Waals surface area contributed by atoms with Gasteiger partial charge in [0.1, 0.15) is 12.6 Å². The third-order valence-electron chi connectivity index (χ3n) is 4.32. The van der Waals surface area contributed by atoms with E-state index in [-0.39, 0.29) is 0 Å². The number of fused-ring (bicyclic) bond motifs is 1. The number of aryl methyl sites for hydroxylation is 1. The fourth-order valence-corrected chi connectivity index (χ4v) is 3.24. The van der Waals surface area contributed by atoms with Crippen LogP contribution in [0.4, 0.5) is 0 Å². The highest BCUT2D eigenvalue weighted by Crippen LogP contribution is 2.24. The van der Waals surface area contributed by atoms with Gasteiger partial charge in [0.2, 0.25) is 0 Å². The summed E-state index contributed by atoms with van der Waals surface area (Å²) in [5.74, 6) is 0. The maximum atomic E-state index is 9.49. The molecule has 0 saturated carbocycles. The Morgan fingerprint density at radius 3 is 2.68 bits per heavy atom. The number of nitriles is 1. The number of hydrogen-bond donors (Lipinski definition) is 1. The van der Waals surface area contributed by atoms with E-state index in [1.807, 2.05) is 12.1 Å². The van der Waals surface area contributed by atoms with Crippen LogP contribution in [0, 0.1) is 11.3 Å². The molecule has 0 amide bonds. The van der Waals surface area contributed by atoms with E-state index in [4.69, 9.17) is 0 Å². The van der Waals surface area contributed by atoms with Gasteiger partial charge in [0.25, 0.3) is 0 Å². The molecule has 1 aromatic carbocycles. The first-order valence-electron chi connectivity index (χ1n) is 7.11. The molecule has 1 aromatic heterocycles. The standard InChI is InChI=1S/C16H19N3/c1-18-15-8-4-3-7-13(15)14(11-17)16(18)12-19-9-5-2-6-10-19/h3-4,7-8H,2,5-6,9-10,12H2,1H3/p+1. The van der Waals surface area contributed by atoms with Crippen molar-refractivity contribution in [3.05, 3.63) is 35.5 Å². The smallest absolute Gasteiger partial charge is 0.119 e. The van der Waals surface area contributed by atoms with Crippen molar-refractivity contribution < 1.29 is 4.90 Å². The Hall–Kier alpha value is -1.79. The number of quaternary nitrogens is 1. The van der Waals surface area contributed by atoms with Gasteiger partial charge in [0, 0.05) is 18.0 Å². The average molecular weight is 254 g/mol. The fraction of sp³-hybridized carbons (Fsp3) is 0.438. The van der Waals surface area contributed by atoms with Crippen LogP contribution in [0.2, 0.25) is 0 Å². The van der Waals surface area contributed by atoms with Crippen LogP contribution in [-0.2, 0) is 13.6 Å². The predicted octanol–water partition coefficient (Wildman–Crippen LogP) is 1.62. The third-order valence-corrected chi connectivity index (χ3v) is 4.32. The van der Waals surface area contributed by atoms with Crippen LogP contribution in [0.3, 0.4) is 0 Å². The molecule has 0 atom stereocenters. The number of benzene rings is 1. The summed E-state index contributed by atoms with van der Waals surface area (Å²) in [6.45, 7) is 3.47. The summed E-state index contributed by atoms with van der Waals surface area (Å²) in [4.78, 5) is 1.62. The van der Waals surface area contributed by atoms with Gasteiger partial charge in [0.05, 0.1) is 24.3 Å². The minimum Gasteiger partial charge on any atom is -0.342 e. The molecule has 3 rings (SSSR count). The van der Waals surface area contributed by atoms with Crippen LogP contribution in [0.15, 0.2) is 24.3 Å². The van der Waals surface area contributed by atoms with Gasteiger partial charge >= 0.3 is 0 Å². The topological polar surface area (TPSA) is 33.2 Å². The lowest BCUT2D eigenvalue weighted by Crippen LogP contribution is -3.11. The zero-order valence-corrected chi connectivity index (χ0v) is 11.4. The quantitative estimate of drug-likeness (QED) is 0.868. The first-order chi connectivity index (χ1) is 9.31. The number of nitrogens with zero attached hydrogens (tertiary/aromatic N) is 2. The molecule has 1 saturated heterocycles. The van der Waals surface area contributed by atoms with Gasteiger partial charge in [-0.2, -0.15) is 5.26 Å². The maximum Gasteiger partial charge on any atom is 0.119 e. The Morgan fingerprint density at radius 2 is 1.95 bits per heavy atom. The number of rotatable bonds is 2. The summed E-state index contributed by atoms with van der Waals surface area (Å²) in [5, 5.41) is 10.6. The van der Waals surface area contributed by atoms with E-state index in [1.165, 1.54) is 43.6 Å². The van der Waals surface area contributed by atoms with Gasteiger partial charge in [0.15, 0.2) is 0 Å². The fourth-order valence-electron chi connectivity index (χ4n) is 3.24. The van der Waals surface area contributed by atoms with Crippen molar-refractivity contribution in [2.24, 2.45) is 7.05 Å². The summed E-state index contributed by atoms with van der Waals surface area (Å²) >= 11 is 0. The molecule has 1 aliphatic rings. The minimum absolute atomic E-state index is 0.871. The van der Waals surface area contributed by atoms with Crippen molar-refractivity contribution in [2.75, 3.05) is 13.1 Å². The lowest BCUT2D eigenvalue weighted by molar-refractivity contribution is -0.918. The first kappa shape index (κ1) is 12.3. The number of hydrogen-bond acceptors (Lipinski definition) is 1. The molecule has 2 heterocycles. The Morgan fingerprint density at radius 1 is 1.21 bits per heavy atom. The van der Waals surface area contributed by atoms with Crippen LogP contribution in [0.1, 0.15) is 30.5 Å². The van der Waals surface area contributed by atoms with Gasteiger partial charge in [-0.25, -0.2) is 0 Å². The van der Waals surface area contributed by atoms with Crippen LogP contribution >= 0.6 is 0 Å². The van der Waals surface area contributed by atoms with Crippen molar-refractivity contribution in [1.29, 1.82) is 5.26 Å². The van der Waals surface area contributed by atoms with Gasteiger partial charge in [-0.1, -0.05) is 18.2 Å². The second-order valence-electron chi connectivity index (χ2n) is 5.50. The zero-order valence-electron chi connectivity index (χ0n) is 11.4. The van der Waals surface area contributed by atoms with Gasteiger partial charge in [-0.05, 0) is 25.3 Å². The van der Waals surface area contributed by atoms with Crippen LogP contribution in [-0.4, -0.2) is 17.7 Å². The largest absolute Gasteiger partial charge is 0.342 e. The number of likely N-dealkylation sites (tertiary alicyclic amines) is 1. The van der Waals surface area contributed by atoms with Crippen molar-refractivity contribution in [1.82, 2.24) is 4.57 Å². The van der Waals surface area contributed by atoms with Crippen molar-refractivity contribution in [2.45, 2.75) is 25.8 Å². The molecular weight excluding hydrogens is 234 g/mol. The Bertz CT molecular complexity index is 627. The summed E-state index contributed by atoms with van der Waals surface area (Å²) in [6.07, 6.45) is 4.01. The minimum atomic E-state index is 0.871. The van der Waals surface area contributed by atoms with Crippen molar-refractivity contribution in [3.63, 3.8) is 0 Å². The molecule has 0 radical (unpaired) electrons. The molecule has 19 heavy (non-hydrogen) atoms. The van der Waals surface area contributed by atoms with Gasteiger partial charge < -0.3 is 9.47 Å². The third kappa shape index (κ3) is 2.13. The molecule has 0 bridgehead atoms. The van der Waals surface area contributed by atoms with Crippen molar-refractivity contribution in [3.8, 4) is 6.07 Å². The number of para-hydroxylation sites is 1. The normalized spacial score (nSPS) is 16.6. The second kappa shape index (κ2) is 5.07. The molecular formula is C16H20N3+. The molecule has 0 unspecified atom stereocenters. The summed E-state index contributed by atoms with van der Waals surface area (Å²) in [6, 6.07) is 10.6. The van der Waals surface area contributed by atoms with E-state index < -0.39 is 0 Å². The molecule has 3 heteroatoms. The number of nitrogens with one attached hydrogen (secondary N) is 1. The monoisotopic (exact) mass is 254 g/mol. The summed E-state index contributed by atoms with van der Waals surface area (Å²) < 4.78 is 2.20. The molecule has 3 nitrogen and oxygen atoms in total. The SMILES string of the molecule is Cn1c(C[NH+]2CCCCC2)c(C#N)c2ccccc21. The maximum absolute atomic E-state index is 9.49. The van der Waals surface area contributed by atoms with Crippen LogP contribution in [0.5, 0.6) is 0 Å². The molecule has 1 aliphatic heterocycles. The first-order valence-corrected chi connectivity index (χ1v) is 7.11.